The zero-order valence-electron chi connectivity index (χ0n) is 19.0. The highest BCUT2D eigenvalue weighted by atomic mass is 32.1. The summed E-state index contributed by atoms with van der Waals surface area (Å²) >= 11 is 1.52. The van der Waals surface area contributed by atoms with Crippen molar-refractivity contribution in [2.75, 3.05) is 18.1 Å². The molecule has 7 heteroatoms. The van der Waals surface area contributed by atoms with Crippen LogP contribution in [0.3, 0.4) is 0 Å². The van der Waals surface area contributed by atoms with Gasteiger partial charge >= 0.3 is 0 Å². The fourth-order valence-corrected chi connectivity index (χ4v) is 4.72. The van der Waals surface area contributed by atoms with Gasteiger partial charge in [0.2, 0.25) is 5.91 Å². The summed E-state index contributed by atoms with van der Waals surface area (Å²) < 4.78 is 8.70. The van der Waals surface area contributed by atoms with Crippen LogP contribution in [-0.4, -0.2) is 33.8 Å². The monoisotopic (exact) mass is 448 g/mol. The zero-order valence-corrected chi connectivity index (χ0v) is 19.8. The van der Waals surface area contributed by atoms with Crippen molar-refractivity contribution in [3.63, 3.8) is 0 Å². The summed E-state index contributed by atoms with van der Waals surface area (Å²) in [6.07, 6.45) is 0.325. The third-order valence-corrected chi connectivity index (χ3v) is 6.36. The molecule has 0 aliphatic rings. The van der Waals surface area contributed by atoms with E-state index in [9.17, 15) is 4.79 Å². The maximum atomic E-state index is 13.4. The Morgan fingerprint density at radius 3 is 2.59 bits per heavy atom. The fourth-order valence-electron chi connectivity index (χ4n) is 3.70. The predicted octanol–water partition coefficient (Wildman–Crippen LogP) is 5.09. The Balaban J connectivity index is 1.65. The van der Waals surface area contributed by atoms with Gasteiger partial charge in [0.1, 0.15) is 11.3 Å². The first-order chi connectivity index (χ1) is 15.4. The summed E-state index contributed by atoms with van der Waals surface area (Å²) in [7, 11) is 0. The molecule has 0 atom stereocenters. The third kappa shape index (κ3) is 4.83. The molecule has 32 heavy (non-hydrogen) atoms. The van der Waals surface area contributed by atoms with Crippen molar-refractivity contribution in [1.29, 1.82) is 0 Å². The summed E-state index contributed by atoms with van der Waals surface area (Å²) in [6.45, 7) is 9.68. The third-order valence-electron chi connectivity index (χ3n) is 5.32. The van der Waals surface area contributed by atoms with Crippen molar-refractivity contribution >= 4 is 32.6 Å². The van der Waals surface area contributed by atoms with Gasteiger partial charge in [-0.05, 0) is 51.5 Å². The van der Waals surface area contributed by atoms with Gasteiger partial charge < -0.3 is 4.74 Å². The van der Waals surface area contributed by atoms with E-state index in [-0.39, 0.29) is 5.91 Å². The Labute approximate surface area is 192 Å². The van der Waals surface area contributed by atoms with E-state index < -0.39 is 0 Å². The van der Waals surface area contributed by atoms with Crippen LogP contribution in [0.2, 0.25) is 0 Å². The molecule has 166 valence electrons. The largest absolute Gasteiger partial charge is 0.492 e. The van der Waals surface area contributed by atoms with E-state index in [1.54, 1.807) is 4.90 Å². The summed E-state index contributed by atoms with van der Waals surface area (Å²) in [6, 6.07) is 16.0. The Bertz CT molecular complexity index is 1230. The van der Waals surface area contributed by atoms with Crippen LogP contribution in [0.25, 0.3) is 10.2 Å². The number of aromatic nitrogens is 3. The molecule has 0 spiro atoms. The highest BCUT2D eigenvalue weighted by molar-refractivity contribution is 7.22. The second-order valence-electron chi connectivity index (χ2n) is 7.89. The van der Waals surface area contributed by atoms with Gasteiger partial charge in [0.15, 0.2) is 5.13 Å². The number of aryl methyl sites for hydroxylation is 3. The van der Waals surface area contributed by atoms with Crippen LogP contribution in [0.1, 0.15) is 29.4 Å². The number of rotatable bonds is 8. The smallest absolute Gasteiger partial charge is 0.233 e. The van der Waals surface area contributed by atoms with Gasteiger partial charge in [-0.15, -0.1) is 0 Å². The minimum absolute atomic E-state index is 0.0207. The van der Waals surface area contributed by atoms with Gasteiger partial charge in [-0.25, -0.2) is 4.98 Å². The topological polar surface area (TPSA) is 60.2 Å². The molecule has 0 radical (unpaired) electrons. The Hall–Kier alpha value is -3.19. The highest BCUT2D eigenvalue weighted by Crippen LogP contribution is 2.34. The second-order valence-corrected chi connectivity index (χ2v) is 8.90. The fraction of sp³-hybridized carbons (Fsp3) is 0.320. The van der Waals surface area contributed by atoms with E-state index in [1.807, 2.05) is 80.9 Å². The molecule has 0 aliphatic heterocycles. The summed E-state index contributed by atoms with van der Waals surface area (Å²) in [5, 5.41) is 5.24. The number of hydrogen-bond acceptors (Lipinski definition) is 5. The molecule has 0 saturated heterocycles. The van der Waals surface area contributed by atoms with Crippen LogP contribution in [0.4, 0.5) is 5.13 Å². The Kier molecular flexibility index (Phi) is 6.55. The Morgan fingerprint density at radius 2 is 1.91 bits per heavy atom. The maximum absolute atomic E-state index is 13.4. The second kappa shape index (κ2) is 9.53. The standard InChI is InChI=1S/C25H28N4O2S/c1-5-31-21-7-6-8-22-24(21)26-25(32-22)28(13-14-29-19(4)15-18(3)27-29)23(30)16-20-11-9-17(2)10-12-20/h6-12,15H,5,13-14,16H2,1-4H3. The van der Waals surface area contributed by atoms with E-state index in [0.717, 1.165) is 32.9 Å². The van der Waals surface area contributed by atoms with Crippen LogP contribution in [0.5, 0.6) is 5.75 Å². The lowest BCUT2D eigenvalue weighted by Gasteiger charge is -2.20. The molecular weight excluding hydrogens is 420 g/mol. The predicted molar refractivity (Wildman–Crippen MR) is 130 cm³/mol. The zero-order chi connectivity index (χ0) is 22.7. The minimum atomic E-state index is 0.0207. The number of para-hydroxylation sites is 1. The van der Waals surface area contributed by atoms with Crippen LogP contribution < -0.4 is 9.64 Å². The van der Waals surface area contributed by atoms with Crippen molar-refractivity contribution in [1.82, 2.24) is 14.8 Å². The molecule has 4 aromatic rings. The molecule has 2 aromatic carbocycles. The van der Waals surface area contributed by atoms with Gasteiger partial charge in [-0.2, -0.15) is 5.10 Å². The van der Waals surface area contributed by atoms with Gasteiger partial charge in [0.25, 0.3) is 0 Å². The quantitative estimate of drug-likeness (QED) is 0.377. The van der Waals surface area contributed by atoms with Gasteiger partial charge in [0, 0.05) is 12.2 Å². The van der Waals surface area contributed by atoms with Crippen LogP contribution in [-0.2, 0) is 17.8 Å². The Morgan fingerprint density at radius 1 is 1.12 bits per heavy atom. The number of anilines is 1. The summed E-state index contributed by atoms with van der Waals surface area (Å²) in [5.74, 6) is 0.768. The molecule has 0 N–H and O–H groups in total. The molecule has 0 unspecified atom stereocenters. The van der Waals surface area contributed by atoms with Crippen molar-refractivity contribution in [2.45, 2.75) is 40.7 Å². The van der Waals surface area contributed by atoms with Gasteiger partial charge in [-0.3, -0.25) is 14.4 Å². The molecule has 6 nitrogen and oxygen atoms in total. The lowest BCUT2D eigenvalue weighted by molar-refractivity contribution is -0.118. The van der Waals surface area contributed by atoms with Gasteiger partial charge in [0.05, 0.1) is 30.0 Å². The van der Waals surface area contributed by atoms with Crippen molar-refractivity contribution < 1.29 is 9.53 Å². The number of carbonyl (C=O) groups excluding carboxylic acids is 1. The van der Waals surface area contributed by atoms with E-state index in [1.165, 1.54) is 16.9 Å². The van der Waals surface area contributed by atoms with Crippen molar-refractivity contribution in [2.24, 2.45) is 0 Å². The number of ether oxygens (including phenoxy) is 1. The molecule has 0 fully saturated rings. The lowest BCUT2D eigenvalue weighted by atomic mass is 10.1. The van der Waals surface area contributed by atoms with Crippen LogP contribution in [0.15, 0.2) is 48.5 Å². The minimum Gasteiger partial charge on any atom is -0.492 e. The average Bonchev–Trinajstić information content (AvgIpc) is 3.33. The number of thiazole rings is 1. The van der Waals surface area contributed by atoms with Crippen LogP contribution >= 0.6 is 11.3 Å². The van der Waals surface area contributed by atoms with E-state index >= 15 is 0 Å². The molecule has 2 aromatic heterocycles. The number of fused-ring (bicyclic) bond motifs is 1. The van der Waals surface area contributed by atoms with E-state index in [2.05, 4.69) is 5.10 Å². The summed E-state index contributed by atoms with van der Waals surface area (Å²) in [4.78, 5) is 20.0. The molecule has 2 heterocycles. The highest BCUT2D eigenvalue weighted by Gasteiger charge is 2.21. The molecule has 1 amide bonds. The number of amides is 1. The first-order valence-electron chi connectivity index (χ1n) is 10.8. The molecule has 4 rings (SSSR count). The molecule has 0 aliphatic carbocycles. The summed E-state index contributed by atoms with van der Waals surface area (Å²) in [5.41, 5.74) is 5.02. The number of nitrogens with zero attached hydrogens (tertiary/aromatic N) is 4. The van der Waals surface area contributed by atoms with Gasteiger partial charge in [-0.1, -0.05) is 47.2 Å². The average molecular weight is 449 g/mol. The molecule has 0 saturated carbocycles. The van der Waals surface area contributed by atoms with Crippen LogP contribution in [0, 0.1) is 20.8 Å². The van der Waals surface area contributed by atoms with E-state index in [0.29, 0.717) is 31.2 Å². The van der Waals surface area contributed by atoms with E-state index in [4.69, 9.17) is 9.72 Å². The SMILES string of the molecule is CCOc1cccc2sc(N(CCn3nc(C)cc3C)C(=O)Cc3ccc(C)cc3)nc12. The lowest BCUT2D eigenvalue weighted by Crippen LogP contribution is -2.35. The molecular formula is C25H28N4O2S. The normalized spacial score (nSPS) is 11.1. The maximum Gasteiger partial charge on any atom is 0.233 e. The number of benzene rings is 2. The van der Waals surface area contributed by atoms with Crippen molar-refractivity contribution in [3.05, 3.63) is 71.0 Å². The molecule has 0 bridgehead atoms. The number of hydrogen-bond donors (Lipinski definition) is 0. The first kappa shape index (κ1) is 22.0. The number of carbonyl (C=O) groups is 1. The first-order valence-corrected chi connectivity index (χ1v) is 11.7. The van der Waals surface area contributed by atoms with Crippen molar-refractivity contribution in [3.8, 4) is 5.75 Å².